The Morgan fingerprint density at radius 2 is 1.92 bits per heavy atom. The Balaban J connectivity index is 1.56. The van der Waals surface area contributed by atoms with Crippen LogP contribution in [0.15, 0.2) is 35.2 Å². The summed E-state index contributed by atoms with van der Waals surface area (Å²) in [5, 5.41) is 2.14. The highest BCUT2D eigenvalue weighted by molar-refractivity contribution is 7.07. The standard InChI is InChI=1S/C19H23N3OS/c1-2-12-23-19-7-4-3-6-17(19)13-21-8-5-9-22(11-10-21)14-18-15-24-16-20-18/h1,3-4,6-7,15-16H,5,8-14H2. The number of hydrogen-bond donors (Lipinski definition) is 0. The lowest BCUT2D eigenvalue weighted by Crippen LogP contribution is -2.30. The van der Waals surface area contributed by atoms with Crippen LogP contribution in [0.2, 0.25) is 0 Å². The minimum atomic E-state index is 0.318. The molecule has 0 aliphatic carbocycles. The van der Waals surface area contributed by atoms with Crippen molar-refractivity contribution in [3.63, 3.8) is 0 Å². The lowest BCUT2D eigenvalue weighted by atomic mass is 10.2. The van der Waals surface area contributed by atoms with Crippen molar-refractivity contribution in [1.82, 2.24) is 14.8 Å². The number of para-hydroxylation sites is 1. The van der Waals surface area contributed by atoms with Crippen LogP contribution in [0.4, 0.5) is 0 Å². The molecule has 0 atom stereocenters. The Morgan fingerprint density at radius 3 is 2.67 bits per heavy atom. The molecular formula is C19H23N3OS. The Hall–Kier alpha value is -1.87. The summed E-state index contributed by atoms with van der Waals surface area (Å²) in [5.74, 6) is 3.44. The third-order valence-electron chi connectivity index (χ3n) is 4.23. The molecule has 3 rings (SSSR count). The van der Waals surface area contributed by atoms with Gasteiger partial charge in [-0.15, -0.1) is 17.8 Å². The smallest absolute Gasteiger partial charge is 0.148 e. The molecule has 0 N–H and O–H groups in total. The van der Waals surface area contributed by atoms with Gasteiger partial charge in [-0.05, 0) is 25.6 Å². The van der Waals surface area contributed by atoms with Crippen molar-refractivity contribution in [2.75, 3.05) is 32.8 Å². The van der Waals surface area contributed by atoms with Crippen molar-refractivity contribution in [1.29, 1.82) is 0 Å². The molecule has 5 heteroatoms. The molecular weight excluding hydrogens is 318 g/mol. The molecule has 1 aromatic carbocycles. The number of thiazole rings is 1. The molecule has 24 heavy (non-hydrogen) atoms. The van der Waals surface area contributed by atoms with E-state index in [1.807, 2.05) is 17.6 Å². The SMILES string of the molecule is C#CCOc1ccccc1CN1CCCN(Cc2cscn2)CC1. The summed E-state index contributed by atoms with van der Waals surface area (Å²) in [6.45, 7) is 6.56. The summed E-state index contributed by atoms with van der Waals surface area (Å²) in [6, 6.07) is 8.18. The summed E-state index contributed by atoms with van der Waals surface area (Å²) < 4.78 is 5.67. The van der Waals surface area contributed by atoms with E-state index in [1.54, 1.807) is 11.3 Å². The van der Waals surface area contributed by atoms with Gasteiger partial charge in [-0.1, -0.05) is 24.1 Å². The molecule has 1 aromatic heterocycles. The first-order valence-electron chi connectivity index (χ1n) is 8.31. The summed E-state index contributed by atoms with van der Waals surface area (Å²) in [5.41, 5.74) is 4.30. The van der Waals surface area contributed by atoms with Crippen molar-refractivity contribution in [2.24, 2.45) is 0 Å². The number of benzene rings is 1. The predicted molar refractivity (Wildman–Crippen MR) is 98.1 cm³/mol. The fourth-order valence-electron chi connectivity index (χ4n) is 3.02. The van der Waals surface area contributed by atoms with Crippen LogP contribution in [-0.4, -0.2) is 47.6 Å². The number of hydrogen-bond acceptors (Lipinski definition) is 5. The van der Waals surface area contributed by atoms with Gasteiger partial charge in [-0.3, -0.25) is 9.80 Å². The lowest BCUT2D eigenvalue weighted by Gasteiger charge is -2.22. The molecule has 1 aliphatic rings. The number of rotatable bonds is 6. The van der Waals surface area contributed by atoms with E-state index in [1.165, 1.54) is 17.7 Å². The van der Waals surface area contributed by atoms with Gasteiger partial charge in [0, 0.05) is 37.1 Å². The highest BCUT2D eigenvalue weighted by Crippen LogP contribution is 2.20. The fourth-order valence-corrected chi connectivity index (χ4v) is 3.57. The molecule has 0 amide bonds. The minimum Gasteiger partial charge on any atom is -0.481 e. The van der Waals surface area contributed by atoms with E-state index >= 15 is 0 Å². The molecule has 0 unspecified atom stereocenters. The third-order valence-corrected chi connectivity index (χ3v) is 4.86. The first-order chi connectivity index (χ1) is 11.8. The van der Waals surface area contributed by atoms with Crippen molar-refractivity contribution in [2.45, 2.75) is 19.5 Å². The normalized spacial score (nSPS) is 16.5. The van der Waals surface area contributed by atoms with Crippen LogP contribution < -0.4 is 4.74 Å². The zero-order valence-corrected chi connectivity index (χ0v) is 14.7. The summed E-state index contributed by atoms with van der Waals surface area (Å²) in [6.07, 6.45) is 6.48. The second kappa shape index (κ2) is 8.84. The summed E-state index contributed by atoms with van der Waals surface area (Å²) in [7, 11) is 0. The molecule has 2 heterocycles. The van der Waals surface area contributed by atoms with E-state index in [0.29, 0.717) is 6.61 Å². The molecule has 2 aromatic rings. The molecule has 1 saturated heterocycles. The number of aromatic nitrogens is 1. The number of ether oxygens (including phenoxy) is 1. The van der Waals surface area contributed by atoms with E-state index in [4.69, 9.17) is 11.2 Å². The van der Waals surface area contributed by atoms with Gasteiger partial charge in [0.25, 0.3) is 0 Å². The molecule has 1 aliphatic heterocycles. The fraction of sp³-hybridized carbons (Fsp3) is 0.421. The predicted octanol–water partition coefficient (Wildman–Crippen LogP) is 2.86. The lowest BCUT2D eigenvalue weighted by molar-refractivity contribution is 0.243. The van der Waals surface area contributed by atoms with Crippen molar-refractivity contribution < 1.29 is 4.74 Å². The zero-order chi connectivity index (χ0) is 16.6. The quantitative estimate of drug-likeness (QED) is 0.756. The topological polar surface area (TPSA) is 28.6 Å². The van der Waals surface area contributed by atoms with Crippen LogP contribution in [-0.2, 0) is 13.1 Å². The largest absolute Gasteiger partial charge is 0.481 e. The van der Waals surface area contributed by atoms with Crippen molar-refractivity contribution >= 4 is 11.3 Å². The maximum absolute atomic E-state index is 5.67. The van der Waals surface area contributed by atoms with E-state index < -0.39 is 0 Å². The van der Waals surface area contributed by atoms with Crippen LogP contribution in [0.25, 0.3) is 0 Å². The Bertz CT molecular complexity index is 666. The van der Waals surface area contributed by atoms with Gasteiger partial charge in [-0.25, -0.2) is 4.98 Å². The molecule has 0 spiro atoms. The van der Waals surface area contributed by atoms with Crippen LogP contribution in [0.1, 0.15) is 17.7 Å². The second-order valence-electron chi connectivity index (χ2n) is 5.99. The molecule has 0 bridgehead atoms. The monoisotopic (exact) mass is 341 g/mol. The second-order valence-corrected chi connectivity index (χ2v) is 6.70. The van der Waals surface area contributed by atoms with Crippen molar-refractivity contribution in [3.8, 4) is 18.1 Å². The molecule has 0 saturated carbocycles. The van der Waals surface area contributed by atoms with Gasteiger partial charge >= 0.3 is 0 Å². The van der Waals surface area contributed by atoms with Gasteiger partial charge in [0.1, 0.15) is 12.4 Å². The van der Waals surface area contributed by atoms with Crippen LogP contribution >= 0.6 is 11.3 Å². The maximum atomic E-state index is 5.67. The zero-order valence-electron chi connectivity index (χ0n) is 13.9. The van der Waals surface area contributed by atoms with E-state index in [2.05, 4.69) is 38.2 Å². The third kappa shape index (κ3) is 4.81. The highest BCUT2D eigenvalue weighted by atomic mass is 32.1. The van der Waals surface area contributed by atoms with Gasteiger partial charge in [0.15, 0.2) is 0 Å². The van der Waals surface area contributed by atoms with E-state index in [-0.39, 0.29) is 0 Å². The van der Waals surface area contributed by atoms with Crippen LogP contribution in [0.3, 0.4) is 0 Å². The van der Waals surface area contributed by atoms with E-state index in [0.717, 1.165) is 45.0 Å². The Labute approximate surface area is 148 Å². The first-order valence-corrected chi connectivity index (χ1v) is 9.25. The van der Waals surface area contributed by atoms with Gasteiger partial charge in [-0.2, -0.15) is 0 Å². The minimum absolute atomic E-state index is 0.318. The average Bonchev–Trinajstić information content (AvgIpc) is 3.01. The average molecular weight is 341 g/mol. The maximum Gasteiger partial charge on any atom is 0.148 e. The number of terminal acetylenes is 1. The highest BCUT2D eigenvalue weighted by Gasteiger charge is 2.17. The van der Waals surface area contributed by atoms with Crippen LogP contribution in [0, 0.1) is 12.3 Å². The number of nitrogens with zero attached hydrogens (tertiary/aromatic N) is 3. The van der Waals surface area contributed by atoms with Gasteiger partial charge in [0.2, 0.25) is 0 Å². The first kappa shape index (κ1) is 17.0. The summed E-state index contributed by atoms with van der Waals surface area (Å²) >= 11 is 1.67. The van der Waals surface area contributed by atoms with Crippen molar-refractivity contribution in [3.05, 3.63) is 46.4 Å². The van der Waals surface area contributed by atoms with E-state index in [9.17, 15) is 0 Å². The van der Waals surface area contributed by atoms with Gasteiger partial charge in [0.05, 0.1) is 11.2 Å². The molecule has 1 fully saturated rings. The molecule has 0 radical (unpaired) electrons. The molecule has 4 nitrogen and oxygen atoms in total. The van der Waals surface area contributed by atoms with Crippen LogP contribution in [0.5, 0.6) is 5.75 Å². The Kier molecular flexibility index (Phi) is 6.25. The van der Waals surface area contributed by atoms with Gasteiger partial charge < -0.3 is 4.74 Å². The summed E-state index contributed by atoms with van der Waals surface area (Å²) in [4.78, 5) is 9.39. The Morgan fingerprint density at radius 1 is 1.12 bits per heavy atom. The molecule has 126 valence electrons.